The average Bonchev–Trinajstić information content (AvgIpc) is 3.28. The molecule has 1 aromatic carbocycles. The number of benzene rings is 1. The van der Waals surface area contributed by atoms with Crippen molar-refractivity contribution in [3.63, 3.8) is 0 Å². The van der Waals surface area contributed by atoms with Gasteiger partial charge in [0, 0.05) is 12.7 Å². The summed E-state index contributed by atoms with van der Waals surface area (Å²) < 4.78 is 4.27. The molecule has 29 heavy (non-hydrogen) atoms. The quantitative estimate of drug-likeness (QED) is 0.318. The number of amides is 1. The van der Waals surface area contributed by atoms with E-state index < -0.39 is 6.47 Å². The van der Waals surface area contributed by atoms with E-state index in [0.717, 1.165) is 23.4 Å². The molecule has 4 rings (SSSR count). The standard InChI is InChI=1S/C18H19N7O.CH2O2/c1-3-25-13-7-5-4-6-12(13)24(2)14(25)10-21-18(26)15-16(19)23-17-11(22-15)8-9-20-17;2-1-3/h4-9H,3,10H2,1-2H3,(H3-,19,20,21,22,23,26);1H,(H,2,3). The molecule has 10 heteroatoms. The Labute approximate surface area is 166 Å². The predicted octanol–water partition coefficient (Wildman–Crippen LogP) is -0.365. The number of carbonyl (C=O) groups is 2. The molecule has 3 heterocycles. The van der Waals surface area contributed by atoms with E-state index in [9.17, 15) is 4.79 Å². The molecule has 0 spiro atoms. The van der Waals surface area contributed by atoms with Crippen molar-refractivity contribution < 1.29 is 19.3 Å². The fraction of sp³-hybridized carbons (Fsp3) is 0.211. The van der Waals surface area contributed by atoms with E-state index >= 15 is 0 Å². The number of aromatic amines is 1. The largest absolute Gasteiger partial charge is 0.554 e. The number of carbonyl (C=O) groups excluding carboxylic acids is 2. The van der Waals surface area contributed by atoms with Gasteiger partial charge in [-0.3, -0.25) is 4.79 Å². The van der Waals surface area contributed by atoms with Crippen LogP contribution in [0.3, 0.4) is 0 Å². The summed E-state index contributed by atoms with van der Waals surface area (Å²) in [7, 11) is 2.00. The summed E-state index contributed by atoms with van der Waals surface area (Å²) in [6.07, 6.45) is 1.71. The van der Waals surface area contributed by atoms with Crippen LogP contribution < -0.4 is 20.7 Å². The van der Waals surface area contributed by atoms with Crippen molar-refractivity contribution in [2.24, 2.45) is 7.05 Å². The third kappa shape index (κ3) is 3.72. The topological polar surface area (TPSA) is 146 Å². The molecular weight excluding hydrogens is 374 g/mol. The van der Waals surface area contributed by atoms with E-state index in [4.69, 9.17) is 15.6 Å². The Balaban J connectivity index is 0.000000755. The van der Waals surface area contributed by atoms with Crippen LogP contribution in [0.5, 0.6) is 0 Å². The smallest absolute Gasteiger partial charge is 0.276 e. The number of aryl methyl sites for hydroxylation is 2. The van der Waals surface area contributed by atoms with Gasteiger partial charge in [-0.15, -0.1) is 0 Å². The van der Waals surface area contributed by atoms with Gasteiger partial charge in [0.15, 0.2) is 28.2 Å². The van der Waals surface area contributed by atoms with Crippen LogP contribution in [0.15, 0.2) is 36.5 Å². The van der Waals surface area contributed by atoms with Crippen molar-refractivity contribution >= 4 is 40.4 Å². The molecule has 4 aromatic rings. The first-order chi connectivity index (χ1) is 14.0. The van der Waals surface area contributed by atoms with Crippen LogP contribution in [0.1, 0.15) is 23.2 Å². The SMILES string of the molecule is CCn1c(CNC(=O)c2nc3cc[nH]c3nc2N)[n+](C)c2ccccc21.O=C[O-]. The minimum absolute atomic E-state index is 0.109. The van der Waals surface area contributed by atoms with Crippen LogP contribution in [0.4, 0.5) is 5.82 Å². The van der Waals surface area contributed by atoms with Gasteiger partial charge < -0.3 is 25.9 Å². The number of aromatic nitrogens is 5. The highest BCUT2D eigenvalue weighted by Crippen LogP contribution is 2.15. The number of nitrogens with one attached hydrogen (secondary N) is 2. The van der Waals surface area contributed by atoms with Crippen molar-refractivity contribution in [2.45, 2.75) is 20.0 Å². The van der Waals surface area contributed by atoms with Crippen molar-refractivity contribution in [1.29, 1.82) is 0 Å². The third-order valence-corrected chi connectivity index (χ3v) is 4.58. The molecule has 0 aliphatic rings. The van der Waals surface area contributed by atoms with Gasteiger partial charge in [0.05, 0.1) is 13.6 Å². The van der Waals surface area contributed by atoms with Crippen molar-refractivity contribution in [2.75, 3.05) is 5.73 Å². The molecule has 150 valence electrons. The maximum absolute atomic E-state index is 12.6. The minimum Gasteiger partial charge on any atom is -0.554 e. The van der Waals surface area contributed by atoms with Crippen molar-refractivity contribution in [3.8, 4) is 0 Å². The molecule has 0 atom stereocenters. The number of para-hydroxylation sites is 2. The van der Waals surface area contributed by atoms with Crippen LogP contribution in [0.2, 0.25) is 0 Å². The highest BCUT2D eigenvalue weighted by atomic mass is 16.3. The Morgan fingerprint density at radius 1 is 1.34 bits per heavy atom. The Kier molecular flexibility index (Phi) is 5.72. The lowest BCUT2D eigenvalue weighted by Gasteiger charge is -2.06. The molecule has 0 radical (unpaired) electrons. The normalized spacial score (nSPS) is 10.6. The molecule has 4 N–H and O–H groups in total. The van der Waals surface area contributed by atoms with Gasteiger partial charge in [-0.1, -0.05) is 12.1 Å². The summed E-state index contributed by atoms with van der Waals surface area (Å²) in [5.74, 6) is 0.764. The molecule has 0 aliphatic carbocycles. The summed E-state index contributed by atoms with van der Waals surface area (Å²) in [5, 5.41) is 11.2. The number of nitrogens with two attached hydrogens (primary N) is 1. The zero-order chi connectivity index (χ0) is 21.0. The Hall–Kier alpha value is -3.95. The predicted molar refractivity (Wildman–Crippen MR) is 104 cm³/mol. The molecule has 3 aromatic heterocycles. The van der Waals surface area contributed by atoms with E-state index in [1.165, 1.54) is 0 Å². The summed E-state index contributed by atoms with van der Waals surface area (Å²) in [4.78, 5) is 32.3. The lowest BCUT2D eigenvalue weighted by atomic mass is 10.3. The number of nitrogens with zero attached hydrogens (tertiary/aromatic N) is 4. The fourth-order valence-corrected chi connectivity index (χ4v) is 3.30. The average molecular weight is 395 g/mol. The summed E-state index contributed by atoms with van der Waals surface area (Å²) >= 11 is 0. The van der Waals surface area contributed by atoms with Gasteiger partial charge >= 0.3 is 0 Å². The number of H-pyrrole nitrogens is 1. The Bertz CT molecular complexity index is 1180. The highest BCUT2D eigenvalue weighted by Gasteiger charge is 2.23. The van der Waals surface area contributed by atoms with Crippen LogP contribution in [-0.4, -0.2) is 31.9 Å². The van der Waals surface area contributed by atoms with E-state index in [1.54, 1.807) is 12.3 Å². The maximum atomic E-state index is 12.6. The molecule has 0 saturated heterocycles. The van der Waals surface area contributed by atoms with Crippen molar-refractivity contribution in [3.05, 3.63) is 48.0 Å². The first kappa shape index (κ1) is 19.8. The van der Waals surface area contributed by atoms with E-state index in [0.29, 0.717) is 17.7 Å². The minimum atomic E-state index is -0.500. The number of carboxylic acid groups (broad SMARTS) is 1. The van der Waals surface area contributed by atoms with E-state index in [1.807, 2.05) is 19.2 Å². The van der Waals surface area contributed by atoms with Gasteiger partial charge in [0.25, 0.3) is 11.7 Å². The number of fused-ring (bicyclic) bond motifs is 2. The summed E-state index contributed by atoms with van der Waals surface area (Å²) in [6, 6.07) is 9.92. The van der Waals surface area contributed by atoms with E-state index in [2.05, 4.69) is 48.5 Å². The summed E-state index contributed by atoms with van der Waals surface area (Å²) in [5.41, 5.74) is 9.46. The second-order valence-corrected chi connectivity index (χ2v) is 6.16. The number of hydrogen-bond acceptors (Lipinski definition) is 6. The number of rotatable bonds is 4. The maximum Gasteiger partial charge on any atom is 0.276 e. The first-order valence-corrected chi connectivity index (χ1v) is 8.92. The van der Waals surface area contributed by atoms with Gasteiger partial charge in [0.1, 0.15) is 12.1 Å². The second kappa shape index (κ2) is 8.38. The van der Waals surface area contributed by atoms with Crippen LogP contribution in [-0.2, 0) is 24.9 Å². The molecule has 0 fully saturated rings. The molecule has 0 unspecified atom stereocenters. The molecule has 0 aliphatic heterocycles. The van der Waals surface area contributed by atoms with E-state index in [-0.39, 0.29) is 17.4 Å². The number of imidazole rings is 1. The molecule has 0 bridgehead atoms. The third-order valence-electron chi connectivity index (χ3n) is 4.58. The summed E-state index contributed by atoms with van der Waals surface area (Å²) in [6.45, 7) is 2.76. The van der Waals surface area contributed by atoms with Gasteiger partial charge in [0.2, 0.25) is 0 Å². The van der Waals surface area contributed by atoms with Crippen LogP contribution in [0, 0.1) is 0 Å². The van der Waals surface area contributed by atoms with Gasteiger partial charge in [-0.2, -0.15) is 0 Å². The molecule has 10 nitrogen and oxygen atoms in total. The van der Waals surface area contributed by atoms with Crippen molar-refractivity contribution in [1.82, 2.24) is 24.8 Å². The van der Waals surface area contributed by atoms with Gasteiger partial charge in [-0.25, -0.2) is 19.1 Å². The molecule has 0 saturated carbocycles. The monoisotopic (exact) mass is 395 g/mol. The highest BCUT2D eigenvalue weighted by molar-refractivity contribution is 5.98. The van der Waals surface area contributed by atoms with Crippen LogP contribution >= 0.6 is 0 Å². The molecule has 1 amide bonds. The lowest BCUT2D eigenvalue weighted by molar-refractivity contribution is -0.654. The lowest BCUT2D eigenvalue weighted by Crippen LogP contribution is -2.38. The van der Waals surface area contributed by atoms with Crippen LogP contribution in [0.25, 0.3) is 22.2 Å². The first-order valence-electron chi connectivity index (χ1n) is 8.92. The second-order valence-electron chi connectivity index (χ2n) is 6.16. The number of hydrogen-bond donors (Lipinski definition) is 3. The number of anilines is 1. The Morgan fingerprint density at radius 2 is 2.07 bits per heavy atom. The zero-order valence-electron chi connectivity index (χ0n) is 16.0. The van der Waals surface area contributed by atoms with Gasteiger partial charge in [-0.05, 0) is 25.1 Å². The molecular formula is C19H21N7O3. The Morgan fingerprint density at radius 3 is 2.79 bits per heavy atom. The fourth-order valence-electron chi connectivity index (χ4n) is 3.30. The zero-order valence-corrected chi connectivity index (χ0v) is 16.0. The number of nitrogen functional groups attached to an aromatic ring is 1.